The molecule has 16 heteroatoms. The van der Waals surface area contributed by atoms with E-state index in [0.29, 0.717) is 41.4 Å². The van der Waals surface area contributed by atoms with Gasteiger partial charge in [0, 0.05) is 26.1 Å². The number of piperidine rings is 1. The number of likely N-dealkylation sites (N-methyl/N-ethyl adjacent to an activating group) is 1. The van der Waals surface area contributed by atoms with Crippen LogP contribution in [0.25, 0.3) is 0 Å². The maximum atomic E-state index is 12.9. The van der Waals surface area contributed by atoms with Crippen molar-refractivity contribution in [1.29, 1.82) is 0 Å². The third-order valence-corrected chi connectivity index (χ3v) is 7.55. The van der Waals surface area contributed by atoms with Crippen molar-refractivity contribution in [2.45, 2.75) is 50.2 Å². The summed E-state index contributed by atoms with van der Waals surface area (Å²) in [5.74, 6) is -2.32. The number of hydrogen-bond donors (Lipinski definition) is 5. The summed E-state index contributed by atoms with van der Waals surface area (Å²) in [6.45, 7) is 0.00654. The number of carbonyl (C=O) groups is 5. The van der Waals surface area contributed by atoms with E-state index in [2.05, 4.69) is 15.6 Å². The zero-order valence-electron chi connectivity index (χ0n) is 23.8. The summed E-state index contributed by atoms with van der Waals surface area (Å²) in [5, 5.41) is 35.9. The molecular formula is C27H37N7O9. The van der Waals surface area contributed by atoms with E-state index in [-0.39, 0.29) is 63.4 Å². The first kappa shape index (κ1) is 31.7. The molecule has 0 aliphatic carbocycles. The van der Waals surface area contributed by atoms with Crippen LogP contribution in [0.1, 0.15) is 37.7 Å². The molecule has 43 heavy (non-hydrogen) atoms. The fourth-order valence-corrected chi connectivity index (χ4v) is 5.17. The topological polar surface area (TPSA) is 205 Å². The maximum absolute atomic E-state index is 12.9. The highest BCUT2D eigenvalue weighted by molar-refractivity contribution is 6.00. The van der Waals surface area contributed by atoms with E-state index in [4.69, 9.17) is 4.74 Å². The fourth-order valence-electron chi connectivity index (χ4n) is 5.17. The Labute approximate surface area is 247 Å². The smallest absolute Gasteiger partial charge is 0.268 e. The number of aromatic hydroxyl groups is 1. The number of hydrogen-bond acceptors (Lipinski definition) is 11. The second-order valence-electron chi connectivity index (χ2n) is 10.6. The number of hydroxylamine groups is 4. The third-order valence-electron chi connectivity index (χ3n) is 7.55. The van der Waals surface area contributed by atoms with Gasteiger partial charge in [-0.3, -0.25) is 39.3 Å². The first-order chi connectivity index (χ1) is 20.6. The van der Waals surface area contributed by atoms with Gasteiger partial charge in [-0.05, 0) is 44.9 Å². The monoisotopic (exact) mass is 603 g/mol. The number of nitrogens with one attached hydrogen (secondary N) is 2. The Kier molecular flexibility index (Phi) is 10.5. The largest absolute Gasteiger partial charge is 0.507 e. The van der Waals surface area contributed by atoms with Gasteiger partial charge in [0.25, 0.3) is 5.91 Å². The normalized spacial score (nSPS) is 22.3. The molecule has 2 saturated heterocycles. The fraction of sp³-hybridized carbons (Fsp3) is 0.556. The average molecular weight is 604 g/mol. The zero-order chi connectivity index (χ0) is 31.1. The SMILES string of the molecule is CN1CN([C@H]2CCCN(O)C2=O)C(=O)[C@@H]1CCCN(O)C(=O)CCNC(=O)CNC(=O)[C@H]1COC(c2ccccc2O)=N1. The highest BCUT2D eigenvalue weighted by Gasteiger charge is 2.43. The van der Waals surface area contributed by atoms with Crippen LogP contribution < -0.4 is 10.6 Å². The van der Waals surface area contributed by atoms with Crippen molar-refractivity contribution in [1.82, 2.24) is 30.6 Å². The lowest BCUT2D eigenvalue weighted by molar-refractivity contribution is -0.178. The van der Waals surface area contributed by atoms with Gasteiger partial charge in [-0.15, -0.1) is 0 Å². The summed E-state index contributed by atoms with van der Waals surface area (Å²) >= 11 is 0. The van der Waals surface area contributed by atoms with Crippen LogP contribution in [0.4, 0.5) is 0 Å². The van der Waals surface area contributed by atoms with Crippen LogP contribution in [0.2, 0.25) is 0 Å². The number of amides is 5. The van der Waals surface area contributed by atoms with E-state index in [1.54, 1.807) is 30.1 Å². The van der Waals surface area contributed by atoms with Crippen molar-refractivity contribution in [2.75, 3.05) is 46.5 Å². The number of rotatable bonds is 12. The second-order valence-corrected chi connectivity index (χ2v) is 10.6. The van der Waals surface area contributed by atoms with Crippen LogP contribution in [-0.2, 0) is 28.7 Å². The van der Waals surface area contributed by atoms with Crippen LogP contribution in [0.5, 0.6) is 5.75 Å². The zero-order valence-corrected chi connectivity index (χ0v) is 23.8. The third kappa shape index (κ3) is 7.77. The van der Waals surface area contributed by atoms with Crippen LogP contribution in [0.3, 0.4) is 0 Å². The number of carbonyl (C=O) groups excluding carboxylic acids is 5. The predicted molar refractivity (Wildman–Crippen MR) is 148 cm³/mol. The Balaban J connectivity index is 1.11. The van der Waals surface area contributed by atoms with Crippen LogP contribution in [0.15, 0.2) is 29.3 Å². The van der Waals surface area contributed by atoms with Gasteiger partial charge in [-0.2, -0.15) is 0 Å². The van der Waals surface area contributed by atoms with E-state index in [9.17, 15) is 39.5 Å². The van der Waals surface area contributed by atoms with Crippen molar-refractivity contribution in [3.05, 3.63) is 29.8 Å². The molecule has 0 unspecified atom stereocenters. The van der Waals surface area contributed by atoms with Crippen molar-refractivity contribution < 1.29 is 44.2 Å². The molecule has 3 heterocycles. The molecule has 4 rings (SSSR count). The van der Waals surface area contributed by atoms with Crippen LogP contribution >= 0.6 is 0 Å². The summed E-state index contributed by atoms with van der Waals surface area (Å²) in [6, 6.07) is 4.32. The Morgan fingerprint density at radius 1 is 1.16 bits per heavy atom. The molecule has 0 spiro atoms. The van der Waals surface area contributed by atoms with E-state index >= 15 is 0 Å². The van der Waals surface area contributed by atoms with Crippen molar-refractivity contribution in [2.24, 2.45) is 4.99 Å². The maximum Gasteiger partial charge on any atom is 0.268 e. The quantitative estimate of drug-likeness (QED) is 0.140. The van der Waals surface area contributed by atoms with E-state index in [0.717, 1.165) is 0 Å². The minimum atomic E-state index is -0.880. The van der Waals surface area contributed by atoms with Crippen LogP contribution in [-0.4, -0.2) is 136 Å². The van der Waals surface area contributed by atoms with Crippen LogP contribution in [0, 0.1) is 0 Å². The van der Waals surface area contributed by atoms with Crippen molar-refractivity contribution >= 4 is 35.4 Å². The highest BCUT2D eigenvalue weighted by atomic mass is 16.5. The molecule has 5 N–H and O–H groups in total. The number of benzene rings is 1. The van der Waals surface area contributed by atoms with Gasteiger partial charge < -0.3 is 25.4 Å². The molecule has 3 atom stereocenters. The summed E-state index contributed by atoms with van der Waals surface area (Å²) in [4.78, 5) is 69.4. The predicted octanol–water partition coefficient (Wildman–Crippen LogP) is -1.36. The van der Waals surface area contributed by atoms with E-state index in [1.165, 1.54) is 11.0 Å². The van der Waals surface area contributed by atoms with E-state index in [1.807, 2.05) is 0 Å². The molecule has 0 aromatic heterocycles. The standard InChI is InChI=1S/C27H37N7O9/c1-31-16-32(20-8-5-13-34(42)27(20)40)26(39)19(31)7-4-12-33(41)23(37)10-11-28-22(36)14-29-24(38)18-15-43-25(30-18)17-6-2-3-9-21(17)35/h2-3,6,9,18-20,35,41-42H,4-5,7-8,10-16H2,1H3,(H,28,36)(H,29,38)/t18-,19+,20+/m1/s1. The molecule has 5 amide bonds. The van der Waals surface area contributed by atoms with Gasteiger partial charge in [0.2, 0.25) is 29.5 Å². The lowest BCUT2D eigenvalue weighted by Crippen LogP contribution is -2.52. The number of aliphatic imine (C=N–C) groups is 1. The number of para-hydroxylation sites is 1. The van der Waals surface area contributed by atoms with Gasteiger partial charge in [-0.25, -0.2) is 15.1 Å². The highest BCUT2D eigenvalue weighted by Crippen LogP contribution is 2.25. The Morgan fingerprint density at radius 2 is 1.93 bits per heavy atom. The summed E-state index contributed by atoms with van der Waals surface area (Å²) in [6.07, 6.45) is 1.56. The van der Waals surface area contributed by atoms with Gasteiger partial charge >= 0.3 is 0 Å². The number of ether oxygens (including phenoxy) is 1. The molecule has 0 radical (unpaired) electrons. The Hall–Kier alpha value is -4.28. The molecule has 3 aliphatic rings. The summed E-state index contributed by atoms with van der Waals surface area (Å²) < 4.78 is 5.40. The molecule has 1 aromatic carbocycles. The summed E-state index contributed by atoms with van der Waals surface area (Å²) in [7, 11) is 1.75. The van der Waals surface area contributed by atoms with Gasteiger partial charge in [0.15, 0.2) is 6.04 Å². The lowest BCUT2D eigenvalue weighted by Gasteiger charge is -2.33. The lowest BCUT2D eigenvalue weighted by atomic mass is 10.0. The minimum Gasteiger partial charge on any atom is -0.507 e. The molecule has 0 saturated carbocycles. The molecule has 234 valence electrons. The molecule has 3 aliphatic heterocycles. The molecular weight excluding hydrogens is 566 g/mol. The Bertz CT molecular complexity index is 1260. The number of phenolic OH excluding ortho intramolecular Hbond substituents is 1. The first-order valence-corrected chi connectivity index (χ1v) is 14.1. The second kappa shape index (κ2) is 14.3. The molecule has 0 bridgehead atoms. The Morgan fingerprint density at radius 3 is 2.70 bits per heavy atom. The first-order valence-electron chi connectivity index (χ1n) is 14.1. The van der Waals surface area contributed by atoms with Gasteiger partial charge in [0.05, 0.1) is 24.8 Å². The molecule has 16 nitrogen and oxygen atoms in total. The minimum absolute atomic E-state index is 0.0278. The van der Waals surface area contributed by atoms with Crippen molar-refractivity contribution in [3.63, 3.8) is 0 Å². The number of nitrogens with zero attached hydrogens (tertiary/aromatic N) is 5. The van der Waals surface area contributed by atoms with E-state index < -0.39 is 41.8 Å². The molecule has 2 fully saturated rings. The molecule has 1 aromatic rings. The van der Waals surface area contributed by atoms with Crippen molar-refractivity contribution in [3.8, 4) is 5.75 Å². The van der Waals surface area contributed by atoms with Gasteiger partial charge in [-0.1, -0.05) is 12.1 Å². The average Bonchev–Trinajstić information content (AvgIpc) is 3.58. The summed E-state index contributed by atoms with van der Waals surface area (Å²) in [5.41, 5.74) is 0.358. The number of phenols is 1. The van der Waals surface area contributed by atoms with Gasteiger partial charge in [0.1, 0.15) is 18.4 Å².